The highest BCUT2D eigenvalue weighted by molar-refractivity contribution is 5.93. The van der Waals surface area contributed by atoms with Gasteiger partial charge in [0.1, 0.15) is 0 Å². The molecule has 5 nitrogen and oxygen atoms in total. The Morgan fingerprint density at radius 3 is 2.69 bits per heavy atom. The maximum atomic E-state index is 13.7. The van der Waals surface area contributed by atoms with E-state index in [1.165, 1.54) is 0 Å². The molecule has 0 bridgehead atoms. The monoisotopic (exact) mass is 423 g/mol. The number of anilines is 1. The van der Waals surface area contributed by atoms with Gasteiger partial charge in [-0.15, -0.1) is 0 Å². The number of rotatable bonds is 3. The van der Waals surface area contributed by atoms with E-state index < -0.39 is 0 Å². The molecule has 1 aliphatic carbocycles. The normalized spacial score (nSPS) is 23.7. The van der Waals surface area contributed by atoms with Crippen LogP contribution in [0.4, 0.5) is 5.69 Å². The van der Waals surface area contributed by atoms with Crippen molar-refractivity contribution in [3.63, 3.8) is 0 Å². The summed E-state index contributed by atoms with van der Waals surface area (Å²) >= 11 is 0. The van der Waals surface area contributed by atoms with Crippen LogP contribution in [0.15, 0.2) is 71.7 Å². The van der Waals surface area contributed by atoms with Crippen LogP contribution < -0.4 is 10.5 Å². The molecule has 0 N–H and O–H groups in total. The van der Waals surface area contributed by atoms with Gasteiger partial charge in [0.05, 0.1) is 29.8 Å². The van der Waals surface area contributed by atoms with Crippen LogP contribution in [0, 0.1) is 5.41 Å². The number of ether oxygens (including phenoxy) is 1. The van der Waals surface area contributed by atoms with Crippen molar-refractivity contribution in [3.8, 4) is 0 Å². The van der Waals surface area contributed by atoms with Crippen LogP contribution in [0.1, 0.15) is 30.5 Å². The summed E-state index contributed by atoms with van der Waals surface area (Å²) in [5.41, 5.74) is 3.59. The second-order valence-electron chi connectivity index (χ2n) is 9.77. The van der Waals surface area contributed by atoms with Crippen LogP contribution in [0.25, 0.3) is 21.7 Å². The maximum Gasteiger partial charge on any atom is 0.260 e. The van der Waals surface area contributed by atoms with Crippen LogP contribution in [0.2, 0.25) is 0 Å². The third-order valence-corrected chi connectivity index (χ3v) is 7.65. The van der Waals surface area contributed by atoms with Gasteiger partial charge in [-0.3, -0.25) is 9.78 Å². The highest BCUT2D eigenvalue weighted by Crippen LogP contribution is 2.50. The Balaban J connectivity index is 1.25. The number of nitrogens with zero attached hydrogens (tertiary/aromatic N) is 3. The van der Waals surface area contributed by atoms with Gasteiger partial charge < -0.3 is 14.2 Å². The maximum absolute atomic E-state index is 13.7. The second-order valence-corrected chi connectivity index (χ2v) is 9.77. The first-order valence-corrected chi connectivity index (χ1v) is 11.5. The fraction of sp³-hybridized carbons (Fsp3) is 0.333. The van der Waals surface area contributed by atoms with Crippen molar-refractivity contribution in [2.45, 2.75) is 24.8 Å². The van der Waals surface area contributed by atoms with E-state index in [0.29, 0.717) is 11.3 Å². The molecule has 1 saturated carbocycles. The summed E-state index contributed by atoms with van der Waals surface area (Å²) in [6, 6.07) is 21.0. The summed E-state index contributed by atoms with van der Waals surface area (Å²) in [7, 11) is 0. The van der Waals surface area contributed by atoms with E-state index in [1.54, 1.807) is 0 Å². The van der Waals surface area contributed by atoms with Crippen molar-refractivity contribution >= 4 is 27.4 Å². The molecule has 5 heteroatoms. The molecular weight excluding hydrogens is 398 g/mol. The Labute approximate surface area is 186 Å². The average Bonchev–Trinajstić information content (AvgIpc) is 3.46. The minimum Gasteiger partial charge on any atom is -0.380 e. The lowest BCUT2D eigenvalue weighted by atomic mass is 9.85. The SMILES string of the molecule is O=c1c2c(N3CCC4(COC4)C3)cccc2ccn1[C@@H]1C[C@@H]1c1ccc2ccccc2n1. The number of benzene rings is 2. The van der Waals surface area contributed by atoms with E-state index in [4.69, 9.17) is 9.72 Å². The Morgan fingerprint density at radius 2 is 1.84 bits per heavy atom. The lowest BCUT2D eigenvalue weighted by molar-refractivity contribution is -0.0985. The van der Waals surface area contributed by atoms with Gasteiger partial charge >= 0.3 is 0 Å². The molecule has 0 unspecified atom stereocenters. The minimum atomic E-state index is 0.122. The number of hydrogen-bond donors (Lipinski definition) is 0. The van der Waals surface area contributed by atoms with Gasteiger partial charge in [0, 0.05) is 47.7 Å². The van der Waals surface area contributed by atoms with Crippen molar-refractivity contribution < 1.29 is 4.74 Å². The van der Waals surface area contributed by atoms with Gasteiger partial charge in [-0.1, -0.05) is 36.4 Å². The lowest BCUT2D eigenvalue weighted by Crippen LogP contribution is -2.44. The molecular formula is C27H25N3O2. The molecule has 4 heterocycles. The standard InChI is InChI=1S/C27H25N3O2/c31-26-25-19(5-3-7-23(25)29-13-11-27(15-29)16-32-17-27)10-12-30(26)24-14-20(24)22-9-8-18-4-1-2-6-21(18)28-22/h1-10,12,20,24H,11,13-17H2/t20-,24-/m1/s1. The molecule has 2 aliphatic heterocycles. The molecule has 0 amide bonds. The quantitative estimate of drug-likeness (QED) is 0.487. The van der Waals surface area contributed by atoms with E-state index in [1.807, 2.05) is 22.9 Å². The third kappa shape index (κ3) is 2.74. The third-order valence-electron chi connectivity index (χ3n) is 7.65. The molecule has 3 fully saturated rings. The van der Waals surface area contributed by atoms with Crippen LogP contribution in [-0.4, -0.2) is 35.9 Å². The van der Waals surface area contributed by atoms with Gasteiger partial charge in [0.15, 0.2) is 0 Å². The molecule has 2 atom stereocenters. The molecule has 1 spiro atoms. The molecule has 32 heavy (non-hydrogen) atoms. The predicted molar refractivity (Wildman–Crippen MR) is 126 cm³/mol. The number of hydrogen-bond acceptors (Lipinski definition) is 4. The van der Waals surface area contributed by atoms with Gasteiger partial charge in [0.2, 0.25) is 0 Å². The largest absolute Gasteiger partial charge is 0.380 e. The number of pyridine rings is 2. The number of fused-ring (bicyclic) bond motifs is 2. The predicted octanol–water partition coefficient (Wildman–Crippen LogP) is 4.51. The average molecular weight is 424 g/mol. The molecule has 160 valence electrons. The van der Waals surface area contributed by atoms with E-state index >= 15 is 0 Å². The van der Waals surface area contributed by atoms with Crippen molar-refractivity contribution in [3.05, 3.63) is 82.9 Å². The van der Waals surface area contributed by atoms with E-state index in [0.717, 1.165) is 72.2 Å². The van der Waals surface area contributed by atoms with E-state index in [9.17, 15) is 4.79 Å². The molecule has 4 aromatic rings. The zero-order chi connectivity index (χ0) is 21.3. The zero-order valence-electron chi connectivity index (χ0n) is 17.9. The van der Waals surface area contributed by atoms with Gasteiger partial charge in [-0.25, -0.2) is 0 Å². The number of para-hydroxylation sites is 1. The second kappa shape index (κ2) is 6.66. The van der Waals surface area contributed by atoms with Gasteiger partial charge in [0.25, 0.3) is 5.56 Å². The van der Waals surface area contributed by atoms with Crippen LogP contribution in [-0.2, 0) is 4.74 Å². The van der Waals surface area contributed by atoms with Crippen molar-refractivity contribution in [2.75, 3.05) is 31.2 Å². The molecule has 7 rings (SSSR count). The first-order valence-electron chi connectivity index (χ1n) is 11.5. The van der Waals surface area contributed by atoms with Crippen LogP contribution in [0.5, 0.6) is 0 Å². The summed E-state index contributed by atoms with van der Waals surface area (Å²) < 4.78 is 7.45. The summed E-state index contributed by atoms with van der Waals surface area (Å²) in [5.74, 6) is 0.295. The smallest absolute Gasteiger partial charge is 0.260 e. The van der Waals surface area contributed by atoms with Crippen molar-refractivity contribution in [1.29, 1.82) is 0 Å². The summed E-state index contributed by atoms with van der Waals surface area (Å²) in [4.78, 5) is 21.0. The molecule has 0 radical (unpaired) electrons. The highest BCUT2D eigenvalue weighted by atomic mass is 16.5. The fourth-order valence-corrected chi connectivity index (χ4v) is 5.67. The number of aromatic nitrogens is 2. The minimum absolute atomic E-state index is 0.122. The van der Waals surface area contributed by atoms with Crippen LogP contribution in [0.3, 0.4) is 0 Å². The Morgan fingerprint density at radius 1 is 0.969 bits per heavy atom. The Hall–Kier alpha value is -3.18. The topological polar surface area (TPSA) is 47.4 Å². The molecule has 2 saturated heterocycles. The van der Waals surface area contributed by atoms with E-state index in [-0.39, 0.29) is 11.6 Å². The van der Waals surface area contributed by atoms with Gasteiger partial charge in [-0.05, 0) is 42.5 Å². The summed E-state index contributed by atoms with van der Waals surface area (Å²) in [6.45, 7) is 3.67. The lowest BCUT2D eigenvalue weighted by Gasteiger charge is -2.38. The van der Waals surface area contributed by atoms with Crippen molar-refractivity contribution in [1.82, 2.24) is 9.55 Å². The summed E-state index contributed by atoms with van der Waals surface area (Å²) in [6.07, 6.45) is 4.08. The molecule has 2 aromatic carbocycles. The summed E-state index contributed by atoms with van der Waals surface area (Å²) in [5, 5.41) is 3.03. The first kappa shape index (κ1) is 18.4. The fourth-order valence-electron chi connectivity index (χ4n) is 5.67. The van der Waals surface area contributed by atoms with Crippen molar-refractivity contribution in [2.24, 2.45) is 5.41 Å². The van der Waals surface area contributed by atoms with E-state index in [2.05, 4.69) is 53.4 Å². The van der Waals surface area contributed by atoms with Gasteiger partial charge in [-0.2, -0.15) is 0 Å². The Kier molecular flexibility index (Phi) is 3.83. The highest BCUT2D eigenvalue weighted by Gasteiger charge is 2.45. The zero-order valence-corrected chi connectivity index (χ0v) is 17.9. The first-order chi connectivity index (χ1) is 15.7. The Bertz CT molecular complexity index is 1420. The molecule has 3 aliphatic rings. The van der Waals surface area contributed by atoms with Crippen LogP contribution >= 0.6 is 0 Å². The molecule has 2 aromatic heterocycles.